The van der Waals surface area contributed by atoms with E-state index in [-0.39, 0.29) is 16.8 Å². The van der Waals surface area contributed by atoms with E-state index in [9.17, 15) is 13.2 Å². The lowest BCUT2D eigenvalue weighted by molar-refractivity contribution is 0.0954. The van der Waals surface area contributed by atoms with Gasteiger partial charge in [-0.25, -0.2) is 8.42 Å². The van der Waals surface area contributed by atoms with E-state index >= 15 is 0 Å². The van der Waals surface area contributed by atoms with Crippen molar-refractivity contribution in [3.05, 3.63) is 29.8 Å². The van der Waals surface area contributed by atoms with E-state index < -0.39 is 10.0 Å². The Morgan fingerprint density at radius 3 is 2.27 bits per heavy atom. The van der Waals surface area contributed by atoms with Crippen molar-refractivity contribution in [3.8, 4) is 0 Å². The summed E-state index contributed by atoms with van der Waals surface area (Å²) in [4.78, 5) is 12.1. The second-order valence-electron chi connectivity index (χ2n) is 5.25. The number of benzene rings is 1. The van der Waals surface area contributed by atoms with Crippen LogP contribution in [0.4, 0.5) is 0 Å². The zero-order valence-corrected chi connectivity index (χ0v) is 14.4. The first-order valence-corrected chi connectivity index (χ1v) is 8.81. The Kier molecular flexibility index (Phi) is 6.99. The van der Waals surface area contributed by atoms with E-state index in [1.165, 1.54) is 28.6 Å². The molecule has 0 atom stereocenters. The monoisotopic (exact) mass is 327 g/mol. The van der Waals surface area contributed by atoms with Crippen LogP contribution in [-0.4, -0.2) is 51.4 Å². The predicted molar refractivity (Wildman–Crippen MR) is 87.4 cm³/mol. The van der Waals surface area contributed by atoms with Crippen LogP contribution in [0.2, 0.25) is 0 Å². The lowest BCUT2D eigenvalue weighted by Gasteiger charge is -2.21. The van der Waals surface area contributed by atoms with Gasteiger partial charge in [-0.3, -0.25) is 4.79 Å². The minimum atomic E-state index is -3.51. The summed E-state index contributed by atoms with van der Waals surface area (Å²) in [5.74, 6) is -0.209. The number of likely N-dealkylation sites (N-methyl/N-ethyl adjacent to an activating group) is 1. The zero-order chi connectivity index (χ0) is 16.8. The molecule has 7 heteroatoms. The van der Waals surface area contributed by atoms with Crippen molar-refractivity contribution in [3.63, 3.8) is 0 Å². The van der Waals surface area contributed by atoms with Gasteiger partial charge in [-0.1, -0.05) is 6.92 Å². The summed E-state index contributed by atoms with van der Waals surface area (Å²) >= 11 is 0. The van der Waals surface area contributed by atoms with Gasteiger partial charge in [0, 0.05) is 31.7 Å². The Balaban J connectivity index is 2.76. The molecule has 0 heterocycles. The molecular formula is C15H25N3O3S. The van der Waals surface area contributed by atoms with E-state index in [2.05, 4.69) is 10.6 Å². The number of hydrogen-bond acceptors (Lipinski definition) is 4. The highest BCUT2D eigenvalue weighted by molar-refractivity contribution is 7.89. The molecule has 0 aliphatic carbocycles. The maximum atomic E-state index is 12.3. The van der Waals surface area contributed by atoms with Crippen LogP contribution in [0.3, 0.4) is 0 Å². The highest BCUT2D eigenvalue weighted by Gasteiger charge is 2.23. The van der Waals surface area contributed by atoms with Gasteiger partial charge >= 0.3 is 0 Å². The van der Waals surface area contributed by atoms with Crippen molar-refractivity contribution in [1.82, 2.24) is 14.9 Å². The maximum Gasteiger partial charge on any atom is 0.251 e. The number of sulfonamides is 1. The fourth-order valence-electron chi connectivity index (χ4n) is 1.77. The van der Waals surface area contributed by atoms with Crippen molar-refractivity contribution in [1.29, 1.82) is 0 Å². The largest absolute Gasteiger partial charge is 0.351 e. The van der Waals surface area contributed by atoms with E-state index in [4.69, 9.17) is 0 Å². The molecule has 1 amide bonds. The SMILES string of the molecule is CCNCCNC(=O)c1ccc(S(=O)(=O)N(C)C(C)C)cc1. The molecule has 0 fully saturated rings. The molecule has 0 bridgehead atoms. The van der Waals surface area contributed by atoms with Crippen molar-refractivity contribution >= 4 is 15.9 Å². The molecule has 1 rings (SSSR count). The van der Waals surface area contributed by atoms with Gasteiger partial charge in [0.15, 0.2) is 0 Å². The van der Waals surface area contributed by atoms with Gasteiger partial charge in [0.2, 0.25) is 10.0 Å². The Morgan fingerprint density at radius 1 is 1.18 bits per heavy atom. The fourth-order valence-corrected chi connectivity index (χ4v) is 3.13. The molecule has 6 nitrogen and oxygen atoms in total. The van der Waals surface area contributed by atoms with Gasteiger partial charge in [-0.2, -0.15) is 4.31 Å². The summed E-state index contributed by atoms with van der Waals surface area (Å²) in [5, 5.41) is 5.88. The zero-order valence-electron chi connectivity index (χ0n) is 13.6. The first kappa shape index (κ1) is 18.6. The minimum absolute atomic E-state index is 0.126. The van der Waals surface area contributed by atoms with Gasteiger partial charge in [0.1, 0.15) is 0 Å². The molecule has 124 valence electrons. The number of nitrogens with one attached hydrogen (secondary N) is 2. The Hall–Kier alpha value is -1.44. The van der Waals surface area contributed by atoms with Crippen LogP contribution in [0.25, 0.3) is 0 Å². The molecule has 1 aromatic carbocycles. The third-order valence-electron chi connectivity index (χ3n) is 3.36. The Labute approximate surface area is 132 Å². The second-order valence-corrected chi connectivity index (χ2v) is 7.25. The summed E-state index contributed by atoms with van der Waals surface area (Å²) in [6.07, 6.45) is 0. The fraction of sp³-hybridized carbons (Fsp3) is 0.533. The topological polar surface area (TPSA) is 78.5 Å². The minimum Gasteiger partial charge on any atom is -0.351 e. The van der Waals surface area contributed by atoms with Gasteiger partial charge in [0.25, 0.3) is 5.91 Å². The summed E-state index contributed by atoms with van der Waals surface area (Å²) in [5.41, 5.74) is 0.447. The van der Waals surface area contributed by atoms with E-state index in [1.807, 2.05) is 20.8 Å². The number of rotatable bonds is 8. The summed E-state index contributed by atoms with van der Waals surface area (Å²) in [7, 11) is -1.97. The first-order valence-electron chi connectivity index (χ1n) is 7.37. The van der Waals surface area contributed by atoms with E-state index in [1.54, 1.807) is 7.05 Å². The Morgan fingerprint density at radius 2 is 1.77 bits per heavy atom. The lowest BCUT2D eigenvalue weighted by atomic mass is 10.2. The van der Waals surface area contributed by atoms with Crippen molar-refractivity contribution in [2.45, 2.75) is 31.7 Å². The molecule has 1 aromatic rings. The van der Waals surface area contributed by atoms with Crippen LogP contribution in [-0.2, 0) is 10.0 Å². The predicted octanol–water partition coefficient (Wildman–Crippen LogP) is 1.05. The van der Waals surface area contributed by atoms with Gasteiger partial charge in [-0.05, 0) is 44.7 Å². The van der Waals surface area contributed by atoms with Crippen molar-refractivity contribution in [2.75, 3.05) is 26.7 Å². The highest BCUT2D eigenvalue weighted by atomic mass is 32.2. The van der Waals surface area contributed by atoms with Crippen LogP contribution in [0.1, 0.15) is 31.1 Å². The van der Waals surface area contributed by atoms with E-state index in [0.717, 1.165) is 6.54 Å². The van der Waals surface area contributed by atoms with Crippen LogP contribution >= 0.6 is 0 Å². The molecule has 0 aromatic heterocycles. The number of carbonyl (C=O) groups is 1. The molecule has 0 saturated heterocycles. The maximum absolute atomic E-state index is 12.3. The standard InChI is InChI=1S/C15H25N3O3S/c1-5-16-10-11-17-15(19)13-6-8-14(9-7-13)22(20,21)18(4)12(2)3/h6-9,12,16H,5,10-11H2,1-4H3,(H,17,19). The lowest BCUT2D eigenvalue weighted by Crippen LogP contribution is -2.33. The molecule has 22 heavy (non-hydrogen) atoms. The van der Waals surface area contributed by atoms with Gasteiger partial charge < -0.3 is 10.6 Å². The smallest absolute Gasteiger partial charge is 0.251 e. The molecule has 0 aliphatic heterocycles. The van der Waals surface area contributed by atoms with Crippen LogP contribution in [0.5, 0.6) is 0 Å². The average Bonchev–Trinajstić information content (AvgIpc) is 2.50. The molecular weight excluding hydrogens is 302 g/mol. The summed E-state index contributed by atoms with van der Waals surface area (Å²) < 4.78 is 25.9. The van der Waals surface area contributed by atoms with Gasteiger partial charge in [-0.15, -0.1) is 0 Å². The highest BCUT2D eigenvalue weighted by Crippen LogP contribution is 2.17. The molecule has 0 unspecified atom stereocenters. The third-order valence-corrected chi connectivity index (χ3v) is 5.41. The normalized spacial score (nSPS) is 11.9. The molecule has 0 aliphatic rings. The van der Waals surface area contributed by atoms with Crippen molar-refractivity contribution in [2.24, 2.45) is 0 Å². The van der Waals surface area contributed by atoms with Crippen LogP contribution in [0.15, 0.2) is 29.2 Å². The van der Waals surface area contributed by atoms with Crippen LogP contribution < -0.4 is 10.6 Å². The average molecular weight is 327 g/mol. The Bertz CT molecular complexity index is 583. The van der Waals surface area contributed by atoms with E-state index in [0.29, 0.717) is 18.7 Å². The summed E-state index contributed by atoms with van der Waals surface area (Å²) in [6, 6.07) is 5.87. The number of hydrogen-bond donors (Lipinski definition) is 2. The van der Waals surface area contributed by atoms with Crippen molar-refractivity contribution < 1.29 is 13.2 Å². The number of nitrogens with zero attached hydrogens (tertiary/aromatic N) is 1. The van der Waals surface area contributed by atoms with Gasteiger partial charge in [0.05, 0.1) is 4.90 Å². The second kappa shape index (κ2) is 8.26. The molecule has 0 radical (unpaired) electrons. The number of amides is 1. The first-order chi connectivity index (χ1) is 10.3. The summed E-state index contributed by atoms with van der Waals surface area (Å²) in [6.45, 7) is 7.70. The molecule has 0 saturated carbocycles. The van der Waals surface area contributed by atoms with Crippen LogP contribution in [0, 0.1) is 0 Å². The molecule has 0 spiro atoms. The third kappa shape index (κ3) is 4.79. The quantitative estimate of drug-likeness (QED) is 0.700. The molecule has 2 N–H and O–H groups in total. The number of carbonyl (C=O) groups excluding carboxylic acids is 1.